The highest BCUT2D eigenvalue weighted by Crippen LogP contribution is 2.35. The molecule has 0 aromatic heterocycles. The van der Waals surface area contributed by atoms with Crippen LogP contribution in [0.2, 0.25) is 0 Å². The van der Waals surface area contributed by atoms with Gasteiger partial charge in [0, 0.05) is 18.7 Å². The molecule has 0 amide bonds. The molecule has 2 heterocycles. The molecule has 2 aliphatic heterocycles. The molecule has 0 aliphatic carbocycles. The summed E-state index contributed by atoms with van der Waals surface area (Å²) in [6, 6.07) is 0. The van der Waals surface area contributed by atoms with Gasteiger partial charge in [-0.25, -0.2) is 0 Å². The van der Waals surface area contributed by atoms with Gasteiger partial charge < -0.3 is 10.5 Å². The van der Waals surface area contributed by atoms with E-state index in [0.29, 0.717) is 6.10 Å². The molecule has 3 heteroatoms. The second-order valence-electron chi connectivity index (χ2n) is 6.50. The lowest BCUT2D eigenvalue weighted by molar-refractivity contribution is -0.0815. The van der Waals surface area contributed by atoms with Crippen LogP contribution < -0.4 is 5.73 Å². The van der Waals surface area contributed by atoms with Crippen molar-refractivity contribution in [3.8, 4) is 0 Å². The second-order valence-corrected chi connectivity index (χ2v) is 6.50. The molecule has 2 rings (SSSR count). The van der Waals surface area contributed by atoms with Crippen LogP contribution in [-0.2, 0) is 4.74 Å². The van der Waals surface area contributed by atoms with E-state index in [1.54, 1.807) is 0 Å². The summed E-state index contributed by atoms with van der Waals surface area (Å²) in [7, 11) is 0. The van der Waals surface area contributed by atoms with Crippen molar-refractivity contribution in [2.45, 2.75) is 70.4 Å². The van der Waals surface area contributed by atoms with Crippen LogP contribution in [0, 0.1) is 5.92 Å². The van der Waals surface area contributed by atoms with E-state index in [0.717, 1.165) is 31.9 Å². The van der Waals surface area contributed by atoms with Crippen molar-refractivity contribution in [1.82, 2.24) is 4.90 Å². The van der Waals surface area contributed by atoms with Gasteiger partial charge in [-0.3, -0.25) is 4.90 Å². The maximum Gasteiger partial charge on any atom is 0.0593 e. The Morgan fingerprint density at radius 3 is 2.58 bits per heavy atom. The average molecular weight is 268 g/mol. The highest BCUT2D eigenvalue weighted by molar-refractivity contribution is 4.97. The van der Waals surface area contributed by atoms with Gasteiger partial charge in [0.15, 0.2) is 0 Å². The number of nitrogens with zero attached hydrogens (tertiary/aromatic N) is 1. The molecule has 0 saturated carbocycles. The van der Waals surface area contributed by atoms with E-state index >= 15 is 0 Å². The molecular weight excluding hydrogens is 236 g/mol. The first-order chi connectivity index (χ1) is 9.24. The van der Waals surface area contributed by atoms with Crippen LogP contribution in [0.25, 0.3) is 0 Å². The number of nitrogens with two attached hydrogens (primary N) is 1. The van der Waals surface area contributed by atoms with Crippen LogP contribution in [0.3, 0.4) is 0 Å². The molecule has 112 valence electrons. The SMILES string of the molecule is CCCC1CC(CN)(N2CCC(CC)CC2)CCO1. The molecule has 2 saturated heterocycles. The molecular formula is C16H32N2O. The van der Waals surface area contributed by atoms with Crippen molar-refractivity contribution in [1.29, 1.82) is 0 Å². The Kier molecular flexibility index (Phi) is 5.67. The zero-order valence-electron chi connectivity index (χ0n) is 12.9. The van der Waals surface area contributed by atoms with E-state index in [4.69, 9.17) is 10.5 Å². The van der Waals surface area contributed by atoms with Crippen molar-refractivity contribution in [3.63, 3.8) is 0 Å². The second kappa shape index (κ2) is 7.05. The van der Waals surface area contributed by atoms with Crippen LogP contribution in [-0.4, -0.2) is 42.8 Å². The van der Waals surface area contributed by atoms with Crippen molar-refractivity contribution in [2.24, 2.45) is 11.7 Å². The molecule has 2 fully saturated rings. The molecule has 2 N–H and O–H groups in total. The fraction of sp³-hybridized carbons (Fsp3) is 1.00. The lowest BCUT2D eigenvalue weighted by Crippen LogP contribution is -2.60. The minimum absolute atomic E-state index is 0.233. The van der Waals surface area contributed by atoms with E-state index in [9.17, 15) is 0 Å². The molecule has 2 aliphatic rings. The molecule has 0 radical (unpaired) electrons. The highest BCUT2D eigenvalue weighted by atomic mass is 16.5. The van der Waals surface area contributed by atoms with Gasteiger partial charge in [0.2, 0.25) is 0 Å². The fourth-order valence-electron chi connectivity index (χ4n) is 3.92. The third-order valence-corrected chi connectivity index (χ3v) is 5.38. The number of rotatable bonds is 5. The van der Waals surface area contributed by atoms with Crippen molar-refractivity contribution < 1.29 is 4.74 Å². The molecule has 0 spiro atoms. The van der Waals surface area contributed by atoms with Crippen LogP contribution in [0.1, 0.15) is 58.8 Å². The van der Waals surface area contributed by atoms with E-state index in [1.807, 2.05) is 0 Å². The topological polar surface area (TPSA) is 38.5 Å². The lowest BCUT2D eigenvalue weighted by atomic mass is 9.81. The van der Waals surface area contributed by atoms with Crippen LogP contribution in [0.15, 0.2) is 0 Å². The first-order valence-electron chi connectivity index (χ1n) is 8.30. The predicted molar refractivity (Wildman–Crippen MR) is 80.3 cm³/mol. The fourth-order valence-corrected chi connectivity index (χ4v) is 3.92. The minimum atomic E-state index is 0.233. The van der Waals surface area contributed by atoms with Crippen molar-refractivity contribution >= 4 is 0 Å². The highest BCUT2D eigenvalue weighted by Gasteiger charge is 2.41. The lowest BCUT2D eigenvalue weighted by Gasteiger charge is -2.50. The molecule has 0 aromatic rings. The maximum atomic E-state index is 6.20. The van der Waals surface area contributed by atoms with Gasteiger partial charge in [0.25, 0.3) is 0 Å². The Hall–Kier alpha value is -0.120. The standard InChI is InChI=1S/C16H32N2O/c1-3-5-15-12-16(13-17,8-11-19-15)18-9-6-14(4-2)7-10-18/h14-15H,3-13,17H2,1-2H3. The molecule has 0 bridgehead atoms. The van der Waals surface area contributed by atoms with Gasteiger partial charge in [-0.2, -0.15) is 0 Å². The van der Waals surface area contributed by atoms with Crippen molar-refractivity contribution in [3.05, 3.63) is 0 Å². The van der Waals surface area contributed by atoms with E-state index in [1.165, 1.54) is 45.2 Å². The zero-order valence-corrected chi connectivity index (χ0v) is 12.9. The molecule has 3 nitrogen and oxygen atoms in total. The number of ether oxygens (including phenoxy) is 1. The smallest absolute Gasteiger partial charge is 0.0593 e. The van der Waals surface area contributed by atoms with Crippen LogP contribution >= 0.6 is 0 Å². The van der Waals surface area contributed by atoms with Crippen LogP contribution in [0.4, 0.5) is 0 Å². The quantitative estimate of drug-likeness (QED) is 0.833. The number of hydrogen-bond donors (Lipinski definition) is 1. The average Bonchev–Trinajstić information content (AvgIpc) is 2.48. The predicted octanol–water partition coefficient (Wildman–Crippen LogP) is 2.79. The summed E-state index contributed by atoms with van der Waals surface area (Å²) in [4.78, 5) is 2.70. The first-order valence-corrected chi connectivity index (χ1v) is 8.30. The van der Waals surface area contributed by atoms with E-state index < -0.39 is 0 Å². The number of likely N-dealkylation sites (tertiary alicyclic amines) is 1. The third-order valence-electron chi connectivity index (χ3n) is 5.38. The van der Waals surface area contributed by atoms with Gasteiger partial charge in [0.1, 0.15) is 0 Å². The molecule has 2 atom stereocenters. The normalized spacial score (nSPS) is 34.6. The van der Waals surface area contributed by atoms with Gasteiger partial charge in [-0.05, 0) is 51.1 Å². The van der Waals surface area contributed by atoms with E-state index in [2.05, 4.69) is 18.7 Å². The Labute approximate surface area is 118 Å². The zero-order chi connectivity index (χ0) is 13.7. The van der Waals surface area contributed by atoms with Gasteiger partial charge in [0.05, 0.1) is 6.10 Å². The summed E-state index contributed by atoms with van der Waals surface area (Å²) in [5, 5.41) is 0. The largest absolute Gasteiger partial charge is 0.378 e. The third kappa shape index (κ3) is 3.50. The summed E-state index contributed by atoms with van der Waals surface area (Å²) in [6.07, 6.45) is 9.16. The van der Waals surface area contributed by atoms with E-state index in [-0.39, 0.29) is 5.54 Å². The number of hydrogen-bond acceptors (Lipinski definition) is 3. The Morgan fingerprint density at radius 1 is 1.26 bits per heavy atom. The van der Waals surface area contributed by atoms with Crippen LogP contribution in [0.5, 0.6) is 0 Å². The summed E-state index contributed by atoms with van der Waals surface area (Å²) in [6.45, 7) is 8.76. The Morgan fingerprint density at radius 2 is 2.00 bits per heavy atom. The molecule has 0 aromatic carbocycles. The minimum Gasteiger partial charge on any atom is -0.378 e. The summed E-state index contributed by atoms with van der Waals surface area (Å²) in [5.41, 5.74) is 6.43. The monoisotopic (exact) mass is 268 g/mol. The van der Waals surface area contributed by atoms with Gasteiger partial charge in [-0.15, -0.1) is 0 Å². The van der Waals surface area contributed by atoms with Crippen molar-refractivity contribution in [2.75, 3.05) is 26.2 Å². The Bertz CT molecular complexity index is 261. The molecule has 2 unspecified atom stereocenters. The number of piperidine rings is 1. The molecule has 19 heavy (non-hydrogen) atoms. The summed E-state index contributed by atoms with van der Waals surface area (Å²) < 4.78 is 5.93. The first kappa shape index (κ1) is 15.3. The Balaban J connectivity index is 1.97. The summed E-state index contributed by atoms with van der Waals surface area (Å²) in [5.74, 6) is 0.942. The van der Waals surface area contributed by atoms with Gasteiger partial charge >= 0.3 is 0 Å². The van der Waals surface area contributed by atoms with Gasteiger partial charge in [-0.1, -0.05) is 26.7 Å². The maximum absolute atomic E-state index is 6.20. The summed E-state index contributed by atoms with van der Waals surface area (Å²) >= 11 is 0.